The number of nitrogens with zero attached hydrogens (tertiary/aromatic N) is 2. The molecule has 1 aromatic carbocycles. The van der Waals surface area contributed by atoms with E-state index in [2.05, 4.69) is 10.4 Å². The Morgan fingerprint density at radius 1 is 1.21 bits per heavy atom. The number of hydrogen-bond donors (Lipinski definition) is 1. The average molecular weight is 343 g/mol. The Morgan fingerprint density at radius 3 is 2.71 bits per heavy atom. The van der Waals surface area contributed by atoms with Gasteiger partial charge in [0.2, 0.25) is 0 Å². The van der Waals surface area contributed by atoms with Crippen LogP contribution in [0, 0.1) is 0 Å². The van der Waals surface area contributed by atoms with Gasteiger partial charge in [0, 0.05) is 13.1 Å². The molecule has 0 saturated heterocycles. The van der Waals surface area contributed by atoms with Crippen LogP contribution in [-0.4, -0.2) is 29.9 Å². The molecule has 24 heavy (non-hydrogen) atoms. The first kappa shape index (κ1) is 16.1. The Kier molecular flexibility index (Phi) is 4.52. The maximum absolute atomic E-state index is 12.5. The van der Waals surface area contributed by atoms with Gasteiger partial charge in [0.25, 0.3) is 5.91 Å². The third-order valence-corrected chi connectivity index (χ3v) is 4.44. The second kappa shape index (κ2) is 6.76. The second-order valence-corrected chi connectivity index (χ2v) is 5.98. The van der Waals surface area contributed by atoms with Gasteiger partial charge in [-0.3, -0.25) is 9.48 Å². The summed E-state index contributed by atoms with van der Waals surface area (Å²) in [6, 6.07) is 10.9. The van der Waals surface area contributed by atoms with Crippen LogP contribution in [0.5, 0.6) is 11.5 Å². The van der Waals surface area contributed by atoms with Crippen LogP contribution in [-0.2, 0) is 7.05 Å². The summed E-state index contributed by atoms with van der Waals surface area (Å²) in [5.74, 6) is 0.886. The van der Waals surface area contributed by atoms with Crippen LogP contribution in [0.4, 0.5) is 5.69 Å². The fraction of sp³-hybridized carbons (Fsp3) is 0.176. The number of carbonyl (C=O) groups excluding carboxylic acids is 1. The smallest absolute Gasteiger partial charge is 0.276 e. The highest BCUT2D eigenvalue weighted by Crippen LogP contribution is 2.30. The van der Waals surface area contributed by atoms with Crippen molar-refractivity contribution in [1.82, 2.24) is 9.78 Å². The standard InChI is InChI=1S/C17H17N3O3S/c1-20-14(16-5-4-8-24-16)10-13(19-20)17(21)18-12-7-6-11(22-2)9-15(12)23-3/h4-10H,1-3H3,(H,18,21). The molecule has 3 rings (SSSR count). The van der Waals surface area contributed by atoms with Crippen LogP contribution in [0.25, 0.3) is 10.6 Å². The molecule has 0 aliphatic heterocycles. The maximum atomic E-state index is 12.5. The van der Waals surface area contributed by atoms with Crippen LogP contribution in [0.15, 0.2) is 41.8 Å². The van der Waals surface area contributed by atoms with Gasteiger partial charge in [0.15, 0.2) is 5.69 Å². The highest BCUT2D eigenvalue weighted by Gasteiger charge is 2.16. The van der Waals surface area contributed by atoms with E-state index in [1.54, 1.807) is 54.5 Å². The zero-order chi connectivity index (χ0) is 17.1. The number of ether oxygens (including phenoxy) is 2. The second-order valence-electron chi connectivity index (χ2n) is 5.04. The minimum absolute atomic E-state index is 0.295. The van der Waals surface area contributed by atoms with Crippen molar-refractivity contribution >= 4 is 22.9 Å². The molecule has 1 amide bonds. The number of aromatic nitrogens is 2. The molecule has 0 radical (unpaired) electrons. The van der Waals surface area contributed by atoms with Crippen molar-refractivity contribution in [1.29, 1.82) is 0 Å². The summed E-state index contributed by atoms with van der Waals surface area (Å²) in [6.07, 6.45) is 0. The molecule has 7 heteroatoms. The van der Waals surface area contributed by atoms with Gasteiger partial charge in [-0.15, -0.1) is 11.3 Å². The highest BCUT2D eigenvalue weighted by atomic mass is 32.1. The lowest BCUT2D eigenvalue weighted by Crippen LogP contribution is -2.13. The molecular formula is C17H17N3O3S. The third kappa shape index (κ3) is 3.11. The number of carbonyl (C=O) groups is 1. The van der Waals surface area contributed by atoms with Crippen LogP contribution in [0.3, 0.4) is 0 Å². The Labute approximate surface area is 143 Å². The summed E-state index contributed by atoms with van der Waals surface area (Å²) in [5.41, 5.74) is 1.81. The summed E-state index contributed by atoms with van der Waals surface area (Å²) in [7, 11) is 4.94. The number of nitrogens with one attached hydrogen (secondary N) is 1. The van der Waals surface area contributed by atoms with Crippen LogP contribution < -0.4 is 14.8 Å². The Balaban J connectivity index is 1.84. The number of hydrogen-bond acceptors (Lipinski definition) is 5. The van der Waals surface area contributed by atoms with Gasteiger partial charge in [-0.05, 0) is 29.6 Å². The summed E-state index contributed by atoms with van der Waals surface area (Å²) in [4.78, 5) is 13.6. The maximum Gasteiger partial charge on any atom is 0.276 e. The fourth-order valence-electron chi connectivity index (χ4n) is 2.32. The molecule has 0 spiro atoms. The van der Waals surface area contributed by atoms with Gasteiger partial charge in [-0.1, -0.05) is 6.07 Å². The van der Waals surface area contributed by atoms with Crippen molar-refractivity contribution in [2.75, 3.05) is 19.5 Å². The van der Waals surface area contributed by atoms with E-state index in [0.29, 0.717) is 22.9 Å². The molecule has 0 aliphatic rings. The van der Waals surface area contributed by atoms with Gasteiger partial charge >= 0.3 is 0 Å². The normalized spacial score (nSPS) is 10.5. The van der Waals surface area contributed by atoms with Gasteiger partial charge in [-0.2, -0.15) is 5.10 Å². The number of thiophene rings is 1. The lowest BCUT2D eigenvalue weighted by molar-refractivity contribution is 0.102. The molecule has 0 atom stereocenters. The number of rotatable bonds is 5. The molecule has 2 aromatic heterocycles. The average Bonchev–Trinajstić information content (AvgIpc) is 3.24. The first-order valence-corrected chi connectivity index (χ1v) is 8.11. The van der Waals surface area contributed by atoms with Crippen molar-refractivity contribution in [2.24, 2.45) is 7.05 Å². The van der Waals surface area contributed by atoms with Crippen LogP contribution in [0.2, 0.25) is 0 Å². The van der Waals surface area contributed by atoms with Crippen molar-refractivity contribution in [3.05, 3.63) is 47.5 Å². The fourth-order valence-corrected chi connectivity index (χ4v) is 3.09. The molecular weight excluding hydrogens is 326 g/mol. The predicted octanol–water partition coefficient (Wildman–Crippen LogP) is 3.42. The van der Waals surface area contributed by atoms with Crippen molar-refractivity contribution in [2.45, 2.75) is 0 Å². The minimum Gasteiger partial charge on any atom is -0.497 e. The number of amides is 1. The SMILES string of the molecule is COc1ccc(NC(=O)c2cc(-c3cccs3)n(C)n2)c(OC)c1. The third-order valence-electron chi connectivity index (χ3n) is 3.54. The molecule has 3 aromatic rings. The molecule has 2 heterocycles. The minimum atomic E-state index is -0.295. The Bertz CT molecular complexity index is 856. The summed E-state index contributed by atoms with van der Waals surface area (Å²) in [5, 5.41) is 9.11. The van der Waals surface area contributed by atoms with Crippen molar-refractivity contribution in [3.8, 4) is 22.1 Å². The lowest BCUT2D eigenvalue weighted by Gasteiger charge is -2.10. The summed E-state index contributed by atoms with van der Waals surface area (Å²) >= 11 is 1.60. The van der Waals surface area contributed by atoms with Crippen LogP contribution >= 0.6 is 11.3 Å². The van der Waals surface area contributed by atoms with E-state index in [1.807, 2.05) is 24.6 Å². The van der Waals surface area contributed by atoms with Crippen LogP contribution in [0.1, 0.15) is 10.5 Å². The van der Waals surface area contributed by atoms with E-state index < -0.39 is 0 Å². The van der Waals surface area contributed by atoms with Gasteiger partial charge in [0.05, 0.1) is 30.5 Å². The van der Waals surface area contributed by atoms with E-state index in [9.17, 15) is 4.79 Å². The lowest BCUT2D eigenvalue weighted by atomic mass is 10.2. The number of benzene rings is 1. The molecule has 0 unspecified atom stereocenters. The predicted molar refractivity (Wildman–Crippen MR) is 94.0 cm³/mol. The molecule has 1 N–H and O–H groups in total. The number of anilines is 1. The summed E-state index contributed by atoms with van der Waals surface area (Å²) < 4.78 is 12.1. The molecule has 0 bridgehead atoms. The topological polar surface area (TPSA) is 65.4 Å². The first-order valence-electron chi connectivity index (χ1n) is 7.23. The van der Waals surface area contributed by atoms with E-state index >= 15 is 0 Å². The summed E-state index contributed by atoms with van der Waals surface area (Å²) in [6.45, 7) is 0. The zero-order valence-corrected chi connectivity index (χ0v) is 14.4. The Morgan fingerprint density at radius 2 is 2.04 bits per heavy atom. The zero-order valence-electron chi connectivity index (χ0n) is 13.6. The monoisotopic (exact) mass is 343 g/mol. The van der Waals surface area contributed by atoms with E-state index in [-0.39, 0.29) is 5.91 Å². The number of aryl methyl sites for hydroxylation is 1. The highest BCUT2D eigenvalue weighted by molar-refractivity contribution is 7.13. The quantitative estimate of drug-likeness (QED) is 0.771. The first-order chi connectivity index (χ1) is 11.6. The van der Waals surface area contributed by atoms with Gasteiger partial charge in [-0.25, -0.2) is 0 Å². The van der Waals surface area contributed by atoms with E-state index in [4.69, 9.17) is 9.47 Å². The molecule has 0 fully saturated rings. The molecule has 0 saturated carbocycles. The van der Waals surface area contributed by atoms with E-state index in [1.165, 1.54) is 0 Å². The van der Waals surface area contributed by atoms with E-state index in [0.717, 1.165) is 10.6 Å². The Hall–Kier alpha value is -2.80. The van der Waals surface area contributed by atoms with Crippen molar-refractivity contribution in [3.63, 3.8) is 0 Å². The number of methoxy groups -OCH3 is 2. The largest absolute Gasteiger partial charge is 0.497 e. The van der Waals surface area contributed by atoms with Crippen molar-refractivity contribution < 1.29 is 14.3 Å². The molecule has 124 valence electrons. The van der Waals surface area contributed by atoms with Gasteiger partial charge < -0.3 is 14.8 Å². The molecule has 0 aliphatic carbocycles. The molecule has 6 nitrogen and oxygen atoms in total. The van der Waals surface area contributed by atoms with Gasteiger partial charge in [0.1, 0.15) is 11.5 Å².